The molecule has 0 aliphatic carbocycles. The van der Waals surface area contributed by atoms with E-state index in [1.54, 1.807) is 6.07 Å². The van der Waals surface area contributed by atoms with E-state index in [0.717, 1.165) is 24.2 Å². The first-order valence-corrected chi connectivity index (χ1v) is 6.59. The van der Waals surface area contributed by atoms with E-state index in [9.17, 15) is 13.2 Å². The lowest BCUT2D eigenvalue weighted by atomic mass is 10.0. The van der Waals surface area contributed by atoms with Crippen molar-refractivity contribution in [1.82, 2.24) is 5.32 Å². The fraction of sp³-hybridized carbons (Fsp3) is 0.250. The van der Waals surface area contributed by atoms with E-state index in [0.29, 0.717) is 6.54 Å². The Morgan fingerprint density at radius 2 is 1.67 bits per heavy atom. The summed E-state index contributed by atoms with van der Waals surface area (Å²) < 4.78 is 46.8. The minimum atomic E-state index is -0.855. The van der Waals surface area contributed by atoms with Gasteiger partial charge in [-0.2, -0.15) is 0 Å². The van der Waals surface area contributed by atoms with Gasteiger partial charge >= 0.3 is 0 Å². The summed E-state index contributed by atoms with van der Waals surface area (Å²) in [5.41, 5.74) is 0.276. The Hall–Kier alpha value is -2.01. The topological polar surface area (TPSA) is 21.3 Å². The Bertz CT molecular complexity index is 620. The fourth-order valence-corrected chi connectivity index (χ4v) is 2.07. The minimum Gasteiger partial charge on any atom is -0.497 e. The first-order chi connectivity index (χ1) is 10.1. The zero-order valence-corrected chi connectivity index (χ0v) is 11.8. The van der Waals surface area contributed by atoms with Gasteiger partial charge in [-0.1, -0.05) is 13.0 Å². The molecule has 0 atom stereocenters. The second kappa shape index (κ2) is 6.63. The number of nitrogens with one attached hydrogen (secondary N) is 1. The van der Waals surface area contributed by atoms with Gasteiger partial charge in [-0.25, -0.2) is 13.2 Å². The molecule has 0 aromatic heterocycles. The van der Waals surface area contributed by atoms with Crippen LogP contribution in [-0.4, -0.2) is 13.7 Å². The molecule has 2 nitrogen and oxygen atoms in total. The van der Waals surface area contributed by atoms with Gasteiger partial charge in [0, 0.05) is 24.2 Å². The van der Waals surface area contributed by atoms with Crippen molar-refractivity contribution >= 4 is 0 Å². The smallest absolute Gasteiger partial charge is 0.137 e. The van der Waals surface area contributed by atoms with E-state index in [1.807, 2.05) is 6.92 Å². The summed E-state index contributed by atoms with van der Waals surface area (Å²) in [7, 11) is 1.31. The van der Waals surface area contributed by atoms with Crippen LogP contribution in [0.1, 0.15) is 12.5 Å². The Balaban J connectivity index is 2.50. The standard InChI is InChI=1S/C16H16F3NO/c1-3-20-9-10-4-5-13(17)12(6-10)16-14(18)7-11(21-2)8-15(16)19/h4-8,20H,3,9H2,1-2H3. The van der Waals surface area contributed by atoms with Gasteiger partial charge in [-0.3, -0.25) is 0 Å². The summed E-state index contributed by atoms with van der Waals surface area (Å²) in [6.45, 7) is 3.19. The first-order valence-electron chi connectivity index (χ1n) is 6.59. The fourth-order valence-electron chi connectivity index (χ4n) is 2.07. The number of ether oxygens (including phenoxy) is 1. The number of rotatable bonds is 5. The molecule has 0 heterocycles. The van der Waals surface area contributed by atoms with Crippen molar-refractivity contribution in [2.24, 2.45) is 0 Å². The predicted molar refractivity (Wildman–Crippen MR) is 75.7 cm³/mol. The molecule has 0 amide bonds. The zero-order chi connectivity index (χ0) is 15.4. The van der Waals surface area contributed by atoms with Crippen LogP contribution in [0.5, 0.6) is 5.75 Å². The van der Waals surface area contributed by atoms with Crippen molar-refractivity contribution in [3.63, 3.8) is 0 Å². The van der Waals surface area contributed by atoms with Gasteiger partial charge in [-0.15, -0.1) is 0 Å². The van der Waals surface area contributed by atoms with E-state index in [-0.39, 0.29) is 16.9 Å². The summed E-state index contributed by atoms with van der Waals surface area (Å²) in [5.74, 6) is -2.33. The van der Waals surface area contributed by atoms with Crippen molar-refractivity contribution in [3.8, 4) is 16.9 Å². The Kier molecular flexibility index (Phi) is 4.85. The molecule has 0 saturated heterocycles. The molecule has 5 heteroatoms. The van der Waals surface area contributed by atoms with Crippen molar-refractivity contribution in [2.45, 2.75) is 13.5 Å². The molecular formula is C16H16F3NO. The SMILES string of the molecule is CCNCc1ccc(F)c(-c2c(F)cc(OC)cc2F)c1. The molecule has 112 valence electrons. The van der Waals surface area contributed by atoms with Crippen LogP contribution < -0.4 is 10.1 Å². The van der Waals surface area contributed by atoms with Gasteiger partial charge in [0.25, 0.3) is 0 Å². The van der Waals surface area contributed by atoms with E-state index < -0.39 is 17.5 Å². The lowest BCUT2D eigenvalue weighted by Crippen LogP contribution is -2.11. The molecule has 2 rings (SSSR count). The van der Waals surface area contributed by atoms with Gasteiger partial charge < -0.3 is 10.1 Å². The molecule has 21 heavy (non-hydrogen) atoms. The van der Waals surface area contributed by atoms with Gasteiger partial charge in [-0.05, 0) is 24.2 Å². The van der Waals surface area contributed by atoms with Gasteiger partial charge in [0.2, 0.25) is 0 Å². The number of methoxy groups -OCH3 is 1. The summed E-state index contributed by atoms with van der Waals surface area (Å²) in [6.07, 6.45) is 0. The molecule has 0 fully saturated rings. The highest BCUT2D eigenvalue weighted by atomic mass is 19.1. The third kappa shape index (κ3) is 3.36. The second-order valence-corrected chi connectivity index (χ2v) is 4.56. The molecule has 2 aromatic carbocycles. The average Bonchev–Trinajstić information content (AvgIpc) is 2.46. The quantitative estimate of drug-likeness (QED) is 0.903. The highest BCUT2D eigenvalue weighted by Crippen LogP contribution is 2.32. The molecule has 0 saturated carbocycles. The van der Waals surface area contributed by atoms with Crippen molar-refractivity contribution < 1.29 is 17.9 Å². The molecule has 1 N–H and O–H groups in total. The first kappa shape index (κ1) is 15.4. The molecule has 0 radical (unpaired) electrons. The van der Waals surface area contributed by atoms with Crippen LogP contribution in [0.3, 0.4) is 0 Å². The van der Waals surface area contributed by atoms with Gasteiger partial charge in [0.05, 0.1) is 12.7 Å². The molecule has 2 aromatic rings. The normalized spacial score (nSPS) is 10.7. The molecule has 0 bridgehead atoms. The average molecular weight is 295 g/mol. The van der Waals surface area contributed by atoms with Crippen LogP contribution in [0, 0.1) is 17.5 Å². The van der Waals surface area contributed by atoms with Crippen LogP contribution in [-0.2, 0) is 6.54 Å². The summed E-state index contributed by atoms with van der Waals surface area (Å²) in [6, 6.07) is 6.32. The molecule has 0 aliphatic heterocycles. The van der Waals surface area contributed by atoms with Crippen LogP contribution >= 0.6 is 0 Å². The van der Waals surface area contributed by atoms with Gasteiger partial charge in [0.1, 0.15) is 23.2 Å². The Morgan fingerprint density at radius 3 is 2.24 bits per heavy atom. The van der Waals surface area contributed by atoms with E-state index in [4.69, 9.17) is 4.74 Å². The van der Waals surface area contributed by atoms with Crippen LogP contribution in [0.4, 0.5) is 13.2 Å². The van der Waals surface area contributed by atoms with E-state index in [2.05, 4.69) is 5.32 Å². The van der Waals surface area contributed by atoms with Gasteiger partial charge in [0.15, 0.2) is 0 Å². The van der Waals surface area contributed by atoms with Crippen LogP contribution in [0.15, 0.2) is 30.3 Å². The van der Waals surface area contributed by atoms with Crippen molar-refractivity contribution in [1.29, 1.82) is 0 Å². The predicted octanol–water partition coefficient (Wildman–Crippen LogP) is 3.89. The van der Waals surface area contributed by atoms with E-state index in [1.165, 1.54) is 19.2 Å². The third-order valence-corrected chi connectivity index (χ3v) is 3.13. The maximum absolute atomic E-state index is 14.0. The minimum absolute atomic E-state index is 0.0537. The highest BCUT2D eigenvalue weighted by molar-refractivity contribution is 5.67. The second-order valence-electron chi connectivity index (χ2n) is 4.56. The monoisotopic (exact) mass is 295 g/mol. The lowest BCUT2D eigenvalue weighted by molar-refractivity contribution is 0.407. The summed E-state index contributed by atoms with van der Waals surface area (Å²) >= 11 is 0. The largest absolute Gasteiger partial charge is 0.497 e. The molecule has 0 unspecified atom stereocenters. The number of halogens is 3. The lowest BCUT2D eigenvalue weighted by Gasteiger charge is -2.11. The summed E-state index contributed by atoms with van der Waals surface area (Å²) in [5, 5.41) is 3.08. The number of hydrogen-bond acceptors (Lipinski definition) is 2. The number of hydrogen-bond donors (Lipinski definition) is 1. The maximum Gasteiger partial charge on any atom is 0.137 e. The zero-order valence-electron chi connectivity index (χ0n) is 11.8. The maximum atomic E-state index is 14.0. The van der Waals surface area contributed by atoms with Crippen LogP contribution in [0.2, 0.25) is 0 Å². The number of benzene rings is 2. The highest BCUT2D eigenvalue weighted by Gasteiger charge is 2.17. The summed E-state index contributed by atoms with van der Waals surface area (Å²) in [4.78, 5) is 0. The third-order valence-electron chi connectivity index (χ3n) is 3.13. The molecule has 0 spiro atoms. The molecular weight excluding hydrogens is 279 g/mol. The molecule has 0 aliphatic rings. The van der Waals surface area contributed by atoms with Crippen molar-refractivity contribution in [3.05, 3.63) is 53.3 Å². The Labute approximate surface area is 121 Å². The van der Waals surface area contributed by atoms with E-state index >= 15 is 0 Å². The van der Waals surface area contributed by atoms with Crippen LogP contribution in [0.25, 0.3) is 11.1 Å². The van der Waals surface area contributed by atoms with Crippen molar-refractivity contribution in [2.75, 3.05) is 13.7 Å². The Morgan fingerprint density at radius 1 is 1.00 bits per heavy atom.